The smallest absolute Gasteiger partial charge is 0.197 e. The Balaban J connectivity index is 1.27. The monoisotopic (exact) mass is 580 g/mol. The molecule has 4 aromatic rings. The zero-order valence-electron chi connectivity index (χ0n) is 22.9. The molecule has 0 radical (unpaired) electrons. The van der Waals surface area contributed by atoms with E-state index in [2.05, 4.69) is 12.1 Å². The van der Waals surface area contributed by atoms with Crippen LogP contribution in [-0.4, -0.2) is 13.2 Å². The van der Waals surface area contributed by atoms with Crippen LogP contribution >= 0.6 is 11.6 Å². The third-order valence-corrected chi connectivity index (χ3v) is 7.86. The molecule has 1 heterocycles. The van der Waals surface area contributed by atoms with Crippen LogP contribution in [0.3, 0.4) is 0 Å². The minimum atomic E-state index is -0.424. The Kier molecular flexibility index (Phi) is 7.61. The number of nitriles is 2. The summed E-state index contributed by atoms with van der Waals surface area (Å²) in [4.78, 5) is 0. The van der Waals surface area contributed by atoms with Crippen LogP contribution in [0.25, 0.3) is 11.1 Å². The Labute approximate surface area is 248 Å². The second-order valence-electron chi connectivity index (χ2n) is 10.1. The van der Waals surface area contributed by atoms with Crippen LogP contribution in [0.5, 0.6) is 23.0 Å². The second kappa shape index (κ2) is 11.6. The van der Waals surface area contributed by atoms with Gasteiger partial charge in [-0.1, -0.05) is 36.7 Å². The van der Waals surface area contributed by atoms with Gasteiger partial charge in [0.15, 0.2) is 17.3 Å². The molecule has 1 aliphatic carbocycles. The summed E-state index contributed by atoms with van der Waals surface area (Å²) in [6.07, 6.45) is 1.84. The highest BCUT2D eigenvalue weighted by molar-refractivity contribution is 6.32. The number of hydrogen-bond acceptors (Lipinski definition) is 6. The average molecular weight is 581 g/mol. The van der Waals surface area contributed by atoms with Crippen molar-refractivity contribution in [2.45, 2.75) is 38.9 Å². The lowest BCUT2D eigenvalue weighted by Gasteiger charge is -2.21. The highest BCUT2D eigenvalue weighted by Gasteiger charge is 2.29. The van der Waals surface area contributed by atoms with E-state index in [4.69, 9.17) is 30.5 Å². The molecule has 0 aromatic heterocycles. The lowest BCUT2D eigenvalue weighted by atomic mass is 9.96. The number of fused-ring (bicyclic) bond motifs is 2. The third-order valence-electron chi connectivity index (χ3n) is 7.56. The molecule has 1 atom stereocenters. The Hall–Kier alpha value is -4.72. The van der Waals surface area contributed by atoms with Gasteiger partial charge in [0, 0.05) is 11.6 Å². The van der Waals surface area contributed by atoms with Crippen LogP contribution in [0.1, 0.15) is 52.8 Å². The normalized spacial score (nSPS) is 14.9. The number of aryl methyl sites for hydroxylation is 1. The molecular weight excluding hydrogens is 555 g/mol. The van der Waals surface area contributed by atoms with Gasteiger partial charge >= 0.3 is 0 Å². The van der Waals surface area contributed by atoms with Crippen molar-refractivity contribution < 1.29 is 23.3 Å². The summed E-state index contributed by atoms with van der Waals surface area (Å²) in [7, 11) is 0. The maximum Gasteiger partial charge on any atom is 0.197 e. The van der Waals surface area contributed by atoms with E-state index in [1.807, 2.05) is 31.2 Å². The molecule has 0 spiro atoms. The lowest BCUT2D eigenvalue weighted by molar-refractivity contribution is 0.164. The molecule has 0 saturated carbocycles. The zero-order chi connectivity index (χ0) is 29.2. The van der Waals surface area contributed by atoms with Crippen LogP contribution in [0.4, 0.5) is 4.39 Å². The molecule has 1 aliphatic heterocycles. The van der Waals surface area contributed by atoms with Gasteiger partial charge in [0.25, 0.3) is 0 Å². The maximum atomic E-state index is 15.5. The van der Waals surface area contributed by atoms with E-state index in [0.717, 1.165) is 22.3 Å². The van der Waals surface area contributed by atoms with E-state index in [-0.39, 0.29) is 18.5 Å². The summed E-state index contributed by atoms with van der Waals surface area (Å²) in [6.45, 7) is 2.90. The molecule has 0 N–H and O–H groups in total. The number of ether oxygens (including phenoxy) is 4. The minimum Gasteiger partial charge on any atom is -0.488 e. The van der Waals surface area contributed by atoms with Crippen molar-refractivity contribution in [3.05, 3.63) is 105 Å². The largest absolute Gasteiger partial charge is 0.488 e. The van der Waals surface area contributed by atoms with Crippen molar-refractivity contribution in [3.63, 3.8) is 0 Å². The Morgan fingerprint density at radius 3 is 2.50 bits per heavy atom. The SMILES string of the molecule is CCc1cc(Cl)c(O[C@H]2CCc3c(-c4ccc5c(c4F)OCCO5)cccc32)cc1OCc1cc(C#N)cc(C#N)c1. The van der Waals surface area contributed by atoms with Gasteiger partial charge < -0.3 is 18.9 Å². The van der Waals surface area contributed by atoms with Gasteiger partial charge in [-0.2, -0.15) is 10.5 Å². The van der Waals surface area contributed by atoms with Crippen molar-refractivity contribution in [2.24, 2.45) is 0 Å². The molecule has 0 bridgehead atoms. The first kappa shape index (κ1) is 27.4. The molecular formula is C34H26ClFN2O4. The van der Waals surface area contributed by atoms with Gasteiger partial charge in [-0.3, -0.25) is 0 Å². The van der Waals surface area contributed by atoms with Crippen molar-refractivity contribution in [3.8, 4) is 46.3 Å². The molecule has 0 saturated heterocycles. The van der Waals surface area contributed by atoms with E-state index >= 15 is 4.39 Å². The quantitative estimate of drug-likeness (QED) is 0.221. The van der Waals surface area contributed by atoms with E-state index in [1.165, 1.54) is 0 Å². The first-order chi connectivity index (χ1) is 20.5. The number of halogens is 2. The first-order valence-electron chi connectivity index (χ1n) is 13.7. The highest BCUT2D eigenvalue weighted by atomic mass is 35.5. The average Bonchev–Trinajstić information content (AvgIpc) is 3.44. The van der Waals surface area contributed by atoms with E-state index in [9.17, 15) is 10.5 Å². The van der Waals surface area contributed by atoms with Crippen LogP contribution in [0, 0.1) is 28.5 Å². The van der Waals surface area contributed by atoms with Gasteiger partial charge in [-0.25, -0.2) is 4.39 Å². The lowest BCUT2D eigenvalue weighted by Crippen LogP contribution is -2.16. The van der Waals surface area contributed by atoms with E-state index in [0.29, 0.717) is 77.0 Å². The van der Waals surface area contributed by atoms with Crippen molar-refractivity contribution in [1.29, 1.82) is 10.5 Å². The van der Waals surface area contributed by atoms with Crippen molar-refractivity contribution in [1.82, 2.24) is 0 Å². The van der Waals surface area contributed by atoms with Crippen LogP contribution in [0.2, 0.25) is 5.02 Å². The first-order valence-corrected chi connectivity index (χ1v) is 14.1. The molecule has 8 heteroatoms. The van der Waals surface area contributed by atoms with Gasteiger partial charge in [0.2, 0.25) is 0 Å². The molecule has 42 heavy (non-hydrogen) atoms. The Morgan fingerprint density at radius 2 is 1.74 bits per heavy atom. The molecule has 210 valence electrons. The predicted molar refractivity (Wildman–Crippen MR) is 156 cm³/mol. The predicted octanol–water partition coefficient (Wildman–Crippen LogP) is 7.87. The summed E-state index contributed by atoms with van der Waals surface area (Å²) < 4.78 is 39.2. The van der Waals surface area contributed by atoms with Crippen LogP contribution in [0.15, 0.2) is 60.7 Å². The molecule has 4 aromatic carbocycles. The number of hydrogen-bond donors (Lipinski definition) is 0. The van der Waals surface area contributed by atoms with Gasteiger partial charge in [-0.15, -0.1) is 0 Å². The number of rotatable bonds is 7. The topological polar surface area (TPSA) is 84.5 Å². The van der Waals surface area contributed by atoms with Gasteiger partial charge in [-0.05, 0) is 83.5 Å². The number of benzene rings is 4. The number of nitrogens with zero attached hydrogens (tertiary/aromatic N) is 2. The summed E-state index contributed by atoms with van der Waals surface area (Å²) in [5.41, 5.74) is 5.72. The molecule has 0 amide bonds. The molecule has 0 fully saturated rings. The second-order valence-corrected chi connectivity index (χ2v) is 10.6. The van der Waals surface area contributed by atoms with Gasteiger partial charge in [0.1, 0.15) is 37.4 Å². The summed E-state index contributed by atoms with van der Waals surface area (Å²) in [5, 5.41) is 19.1. The fourth-order valence-electron chi connectivity index (χ4n) is 5.58. The molecule has 6 nitrogen and oxygen atoms in total. The van der Waals surface area contributed by atoms with Crippen molar-refractivity contribution >= 4 is 11.6 Å². The van der Waals surface area contributed by atoms with Crippen LogP contribution in [-0.2, 0) is 19.4 Å². The maximum absolute atomic E-state index is 15.5. The molecule has 0 unspecified atom stereocenters. The van der Waals surface area contributed by atoms with E-state index in [1.54, 1.807) is 36.4 Å². The highest BCUT2D eigenvalue weighted by Crippen LogP contribution is 2.45. The van der Waals surface area contributed by atoms with Crippen molar-refractivity contribution in [2.75, 3.05) is 13.2 Å². The standard InChI is InChI=1S/C34H26ClFN2O4/c1-2-23-15-28(35)32(16-31(23)41-19-22-13-20(17-37)12-21(14-22)18-38)42-29-8-6-25-24(4-3-5-26(25)29)27-7-9-30-34(33(27)36)40-11-10-39-30/h3-5,7,9,12-16,29H,2,6,8,10-11,19H2,1H3/t29-/m0/s1. The fraction of sp³-hybridized carbons (Fsp3) is 0.235. The minimum absolute atomic E-state index is 0.153. The van der Waals surface area contributed by atoms with Crippen LogP contribution < -0.4 is 18.9 Å². The summed E-state index contributed by atoms with van der Waals surface area (Å²) in [6, 6.07) is 22.1. The molecule has 2 aliphatic rings. The Morgan fingerprint density at radius 1 is 0.952 bits per heavy atom. The summed E-state index contributed by atoms with van der Waals surface area (Å²) >= 11 is 6.67. The summed E-state index contributed by atoms with van der Waals surface area (Å²) in [5.74, 6) is 1.25. The van der Waals surface area contributed by atoms with Gasteiger partial charge in [0.05, 0.1) is 28.3 Å². The molecule has 6 rings (SSSR count). The van der Waals surface area contributed by atoms with E-state index < -0.39 is 5.82 Å². The fourth-order valence-corrected chi connectivity index (χ4v) is 5.81. The zero-order valence-corrected chi connectivity index (χ0v) is 23.6. The Bertz CT molecular complexity index is 1740. The third kappa shape index (κ3) is 5.20.